The Bertz CT molecular complexity index is 529. The third kappa shape index (κ3) is 2.83. The first kappa shape index (κ1) is 12.5. The van der Waals surface area contributed by atoms with Crippen LogP contribution in [0.1, 0.15) is 30.9 Å². The van der Waals surface area contributed by atoms with Crippen LogP contribution < -0.4 is 10.5 Å². The highest BCUT2D eigenvalue weighted by Crippen LogP contribution is 2.28. The largest absolute Gasteiger partial charge is 0.455 e. The molecule has 0 amide bonds. The first-order chi connectivity index (χ1) is 8.56. The van der Waals surface area contributed by atoms with Crippen LogP contribution in [0.2, 0.25) is 0 Å². The Balaban J connectivity index is 2.18. The lowest BCUT2D eigenvalue weighted by Crippen LogP contribution is -1.93. The van der Waals surface area contributed by atoms with E-state index in [4.69, 9.17) is 10.5 Å². The Morgan fingerprint density at radius 3 is 2.22 bits per heavy atom. The quantitative estimate of drug-likeness (QED) is 0.803. The van der Waals surface area contributed by atoms with Gasteiger partial charge in [0.2, 0.25) is 0 Å². The molecule has 0 bridgehead atoms. The zero-order chi connectivity index (χ0) is 13.1. The average molecular weight is 241 g/mol. The summed E-state index contributed by atoms with van der Waals surface area (Å²) in [6.07, 6.45) is 0. The molecule has 0 aliphatic rings. The molecule has 0 aliphatic heterocycles. The molecule has 0 unspecified atom stereocenters. The minimum atomic E-state index is 0.531. The summed E-state index contributed by atoms with van der Waals surface area (Å²) < 4.78 is 5.77. The maximum absolute atomic E-state index is 5.92. The van der Waals surface area contributed by atoms with E-state index >= 15 is 0 Å². The van der Waals surface area contributed by atoms with Gasteiger partial charge in [0.05, 0.1) is 5.69 Å². The van der Waals surface area contributed by atoms with Crippen LogP contribution in [0.25, 0.3) is 0 Å². The number of anilines is 1. The minimum absolute atomic E-state index is 0.531. The highest BCUT2D eigenvalue weighted by atomic mass is 16.5. The fourth-order valence-electron chi connectivity index (χ4n) is 1.81. The maximum Gasteiger partial charge on any atom is 0.150 e. The molecule has 0 saturated carbocycles. The normalized spacial score (nSPS) is 10.7. The van der Waals surface area contributed by atoms with Crippen LogP contribution in [0.4, 0.5) is 5.69 Å². The molecule has 0 atom stereocenters. The molecule has 2 aromatic carbocycles. The van der Waals surface area contributed by atoms with Crippen molar-refractivity contribution in [2.45, 2.75) is 26.7 Å². The van der Waals surface area contributed by atoms with Crippen molar-refractivity contribution in [3.05, 3.63) is 53.6 Å². The molecule has 2 rings (SSSR count). The van der Waals surface area contributed by atoms with E-state index in [1.807, 2.05) is 37.3 Å². The monoisotopic (exact) mass is 241 g/mol. The van der Waals surface area contributed by atoms with Crippen molar-refractivity contribution in [1.82, 2.24) is 0 Å². The topological polar surface area (TPSA) is 35.2 Å². The van der Waals surface area contributed by atoms with Gasteiger partial charge in [-0.05, 0) is 48.2 Å². The van der Waals surface area contributed by atoms with E-state index in [0.717, 1.165) is 11.3 Å². The van der Waals surface area contributed by atoms with Crippen LogP contribution in [0.15, 0.2) is 42.5 Å². The molecule has 0 radical (unpaired) electrons. The molecular weight excluding hydrogens is 222 g/mol. The summed E-state index contributed by atoms with van der Waals surface area (Å²) in [6, 6.07) is 13.9. The molecule has 0 fully saturated rings. The molecule has 2 aromatic rings. The van der Waals surface area contributed by atoms with Crippen LogP contribution in [0.5, 0.6) is 11.5 Å². The molecule has 2 N–H and O–H groups in total. The number of benzene rings is 2. The van der Waals surface area contributed by atoms with E-state index in [1.54, 1.807) is 0 Å². The second-order valence-electron chi connectivity index (χ2n) is 4.87. The smallest absolute Gasteiger partial charge is 0.150 e. The number of nitrogens with two attached hydrogens (primary N) is 1. The molecule has 0 heterocycles. The highest BCUT2D eigenvalue weighted by Gasteiger charge is 2.03. The average Bonchev–Trinajstić information content (AvgIpc) is 2.33. The Hall–Kier alpha value is -1.96. The summed E-state index contributed by atoms with van der Waals surface area (Å²) in [5, 5.41) is 0. The summed E-state index contributed by atoms with van der Waals surface area (Å²) >= 11 is 0. The minimum Gasteiger partial charge on any atom is -0.455 e. The van der Waals surface area contributed by atoms with Crippen LogP contribution in [0.3, 0.4) is 0 Å². The first-order valence-electron chi connectivity index (χ1n) is 6.20. The summed E-state index contributed by atoms with van der Waals surface area (Å²) in [5.41, 5.74) is 9.03. The first-order valence-corrected chi connectivity index (χ1v) is 6.20. The van der Waals surface area contributed by atoms with Gasteiger partial charge in [-0.2, -0.15) is 0 Å². The van der Waals surface area contributed by atoms with Crippen molar-refractivity contribution in [3.8, 4) is 11.5 Å². The molecule has 0 aliphatic carbocycles. The summed E-state index contributed by atoms with van der Waals surface area (Å²) in [7, 11) is 0. The van der Waals surface area contributed by atoms with Gasteiger partial charge >= 0.3 is 0 Å². The van der Waals surface area contributed by atoms with Gasteiger partial charge in [-0.15, -0.1) is 0 Å². The molecule has 0 spiro atoms. The molecule has 18 heavy (non-hydrogen) atoms. The summed E-state index contributed by atoms with van der Waals surface area (Å²) in [5.74, 6) is 2.05. The lowest BCUT2D eigenvalue weighted by atomic mass is 10.0. The number of ether oxygens (including phenoxy) is 1. The Labute approximate surface area is 108 Å². The van der Waals surface area contributed by atoms with E-state index in [9.17, 15) is 0 Å². The van der Waals surface area contributed by atoms with E-state index < -0.39 is 0 Å². The molecule has 94 valence electrons. The summed E-state index contributed by atoms with van der Waals surface area (Å²) in [4.78, 5) is 0. The SMILES string of the molecule is Cc1ccc(Oc2ccc(C(C)C)cc2)c(N)c1. The highest BCUT2D eigenvalue weighted by molar-refractivity contribution is 5.55. The molecular formula is C16H19NO. The predicted octanol–water partition coefficient (Wildman–Crippen LogP) is 4.49. The molecule has 2 heteroatoms. The summed E-state index contributed by atoms with van der Waals surface area (Å²) in [6.45, 7) is 6.36. The zero-order valence-corrected chi connectivity index (χ0v) is 11.1. The van der Waals surface area contributed by atoms with E-state index in [1.165, 1.54) is 5.56 Å². The van der Waals surface area contributed by atoms with Gasteiger partial charge in [-0.3, -0.25) is 0 Å². The third-order valence-corrected chi connectivity index (χ3v) is 2.94. The fraction of sp³-hybridized carbons (Fsp3) is 0.250. The lowest BCUT2D eigenvalue weighted by Gasteiger charge is -2.10. The molecule has 0 saturated heterocycles. The van der Waals surface area contributed by atoms with Crippen molar-refractivity contribution in [2.75, 3.05) is 5.73 Å². The van der Waals surface area contributed by atoms with Gasteiger partial charge < -0.3 is 10.5 Å². The van der Waals surface area contributed by atoms with Crippen molar-refractivity contribution in [3.63, 3.8) is 0 Å². The van der Waals surface area contributed by atoms with Crippen molar-refractivity contribution in [2.24, 2.45) is 0 Å². The Kier molecular flexibility index (Phi) is 3.56. The van der Waals surface area contributed by atoms with Crippen molar-refractivity contribution >= 4 is 5.69 Å². The maximum atomic E-state index is 5.92. The van der Waals surface area contributed by atoms with Crippen LogP contribution in [-0.2, 0) is 0 Å². The number of hydrogen-bond acceptors (Lipinski definition) is 2. The number of aryl methyl sites for hydroxylation is 1. The predicted molar refractivity (Wildman–Crippen MR) is 76.2 cm³/mol. The second kappa shape index (κ2) is 5.13. The number of nitrogen functional groups attached to an aromatic ring is 1. The van der Waals surface area contributed by atoms with Crippen molar-refractivity contribution < 1.29 is 4.74 Å². The van der Waals surface area contributed by atoms with E-state index in [2.05, 4.69) is 26.0 Å². The van der Waals surface area contributed by atoms with Gasteiger partial charge in [0, 0.05) is 0 Å². The van der Waals surface area contributed by atoms with Gasteiger partial charge in [0.25, 0.3) is 0 Å². The Morgan fingerprint density at radius 1 is 1.00 bits per heavy atom. The van der Waals surface area contributed by atoms with Crippen molar-refractivity contribution in [1.29, 1.82) is 0 Å². The zero-order valence-electron chi connectivity index (χ0n) is 11.1. The molecule has 2 nitrogen and oxygen atoms in total. The Morgan fingerprint density at radius 2 is 1.67 bits per heavy atom. The lowest BCUT2D eigenvalue weighted by molar-refractivity contribution is 0.484. The van der Waals surface area contributed by atoms with E-state index in [0.29, 0.717) is 17.4 Å². The van der Waals surface area contributed by atoms with Crippen LogP contribution in [0, 0.1) is 6.92 Å². The van der Waals surface area contributed by atoms with Gasteiger partial charge in [0.1, 0.15) is 11.5 Å². The fourth-order valence-corrected chi connectivity index (χ4v) is 1.81. The van der Waals surface area contributed by atoms with Gasteiger partial charge in [0.15, 0.2) is 0 Å². The second-order valence-corrected chi connectivity index (χ2v) is 4.87. The van der Waals surface area contributed by atoms with E-state index in [-0.39, 0.29) is 0 Å². The van der Waals surface area contributed by atoms with Crippen LogP contribution >= 0.6 is 0 Å². The third-order valence-electron chi connectivity index (χ3n) is 2.94. The standard InChI is InChI=1S/C16H19NO/c1-11(2)13-5-7-14(8-6-13)18-16-9-4-12(3)10-15(16)17/h4-11H,17H2,1-3H3. The molecule has 0 aromatic heterocycles. The number of rotatable bonds is 3. The number of hydrogen-bond donors (Lipinski definition) is 1. The van der Waals surface area contributed by atoms with Gasteiger partial charge in [-0.25, -0.2) is 0 Å². The van der Waals surface area contributed by atoms with Crippen LogP contribution in [-0.4, -0.2) is 0 Å². The van der Waals surface area contributed by atoms with Gasteiger partial charge in [-0.1, -0.05) is 32.0 Å².